The smallest absolute Gasteiger partial charge is 0.0727 e. The van der Waals surface area contributed by atoms with Gasteiger partial charge < -0.3 is 10.2 Å². The first kappa shape index (κ1) is 19.9. The van der Waals surface area contributed by atoms with Crippen molar-refractivity contribution in [2.24, 2.45) is 17.8 Å². The summed E-state index contributed by atoms with van der Waals surface area (Å²) in [5, 5.41) is 22.2. The summed E-state index contributed by atoms with van der Waals surface area (Å²) in [7, 11) is 0. The average molecular weight is 361 g/mol. The third kappa shape index (κ3) is 3.47. The van der Waals surface area contributed by atoms with Crippen molar-refractivity contribution in [1.29, 1.82) is 0 Å². The molecule has 2 fully saturated rings. The second kappa shape index (κ2) is 7.09. The fourth-order valence-electron chi connectivity index (χ4n) is 5.34. The van der Waals surface area contributed by atoms with Crippen molar-refractivity contribution in [2.75, 3.05) is 0 Å². The largest absolute Gasteiger partial charge is 0.393 e. The fourth-order valence-corrected chi connectivity index (χ4v) is 6.41. The third-order valence-corrected chi connectivity index (χ3v) is 8.91. The topological polar surface area (TPSA) is 40.5 Å². The molecule has 4 heteroatoms. The number of fused-ring (bicyclic) bond motifs is 1. The molecule has 0 spiro atoms. The highest BCUT2D eigenvalue weighted by molar-refractivity contribution is 7.82. The minimum Gasteiger partial charge on any atom is -0.393 e. The van der Waals surface area contributed by atoms with Gasteiger partial charge in [0.2, 0.25) is 0 Å². The highest BCUT2D eigenvalue weighted by atomic mass is 32.1. The first-order valence-electron chi connectivity index (χ1n) is 9.48. The summed E-state index contributed by atoms with van der Waals surface area (Å²) >= 11 is 10.1. The van der Waals surface area contributed by atoms with E-state index >= 15 is 0 Å². The Balaban J connectivity index is 2.34. The van der Waals surface area contributed by atoms with Gasteiger partial charge >= 0.3 is 0 Å². The van der Waals surface area contributed by atoms with Crippen molar-refractivity contribution in [3.63, 3.8) is 0 Å². The molecule has 0 radical (unpaired) electrons. The molecule has 2 aliphatic rings. The van der Waals surface area contributed by atoms with E-state index in [1.165, 1.54) is 12.8 Å². The summed E-state index contributed by atoms with van der Waals surface area (Å²) < 4.78 is -0.405. The minimum absolute atomic E-state index is 0.104. The Morgan fingerprint density at radius 3 is 2.48 bits per heavy atom. The van der Waals surface area contributed by atoms with Crippen molar-refractivity contribution in [3.8, 4) is 0 Å². The van der Waals surface area contributed by atoms with Crippen LogP contribution in [0.5, 0.6) is 0 Å². The van der Waals surface area contributed by atoms with Gasteiger partial charge in [0, 0.05) is 21.8 Å². The number of hydrogen-bond acceptors (Lipinski definition) is 4. The van der Waals surface area contributed by atoms with Crippen LogP contribution >= 0.6 is 25.3 Å². The molecule has 0 aromatic carbocycles. The fraction of sp³-hybridized carbons (Fsp3) is 1.00. The van der Waals surface area contributed by atoms with E-state index in [1.54, 1.807) is 0 Å². The molecule has 2 rings (SSSR count). The quantitative estimate of drug-likeness (QED) is 0.546. The number of aliphatic hydroxyl groups excluding tert-OH is 1. The first-order valence-corrected chi connectivity index (χ1v) is 10.4. The maximum absolute atomic E-state index is 11.5. The molecule has 0 amide bonds. The minimum atomic E-state index is -0.829. The van der Waals surface area contributed by atoms with Gasteiger partial charge in [0.05, 0.1) is 11.7 Å². The van der Waals surface area contributed by atoms with E-state index in [0.29, 0.717) is 18.8 Å². The van der Waals surface area contributed by atoms with Crippen LogP contribution in [0, 0.1) is 17.8 Å². The lowest BCUT2D eigenvalue weighted by Gasteiger charge is -2.62. The zero-order valence-electron chi connectivity index (χ0n) is 15.3. The molecule has 2 unspecified atom stereocenters. The van der Waals surface area contributed by atoms with Crippen molar-refractivity contribution < 1.29 is 10.2 Å². The average Bonchev–Trinajstić information content (AvgIpc) is 2.49. The Morgan fingerprint density at radius 1 is 1.26 bits per heavy atom. The molecule has 2 N–H and O–H groups in total. The zero-order valence-corrected chi connectivity index (χ0v) is 17.0. The van der Waals surface area contributed by atoms with E-state index in [9.17, 15) is 10.2 Å². The van der Waals surface area contributed by atoms with Crippen LogP contribution < -0.4 is 0 Å². The Kier molecular flexibility index (Phi) is 6.15. The molecule has 2 nitrogen and oxygen atoms in total. The summed E-state index contributed by atoms with van der Waals surface area (Å²) in [5.74, 6) is 0.647. The van der Waals surface area contributed by atoms with Gasteiger partial charge in [-0.1, -0.05) is 40.5 Å². The molecule has 23 heavy (non-hydrogen) atoms. The second-order valence-electron chi connectivity index (χ2n) is 8.44. The van der Waals surface area contributed by atoms with Crippen LogP contribution in [-0.2, 0) is 0 Å². The highest BCUT2D eigenvalue weighted by Gasteiger charge is 2.62. The second-order valence-corrected chi connectivity index (χ2v) is 10.2. The number of hydrogen-bond donors (Lipinski definition) is 4. The SMILES string of the molecule is CCCCC(C)[C@@]1(S)C(C)[C@H](O)C[C@@]2(O)C[C@@](S)(CC)CC[C@@H]21. The van der Waals surface area contributed by atoms with Gasteiger partial charge in [-0.05, 0) is 43.9 Å². The number of rotatable bonds is 5. The highest BCUT2D eigenvalue weighted by Crippen LogP contribution is 2.60. The number of unbranched alkanes of at least 4 members (excludes halogenated alkanes) is 1. The van der Waals surface area contributed by atoms with Crippen LogP contribution in [0.15, 0.2) is 0 Å². The van der Waals surface area contributed by atoms with Crippen LogP contribution in [0.4, 0.5) is 0 Å². The molecule has 2 aliphatic carbocycles. The third-order valence-electron chi connectivity index (χ3n) is 7.05. The molecule has 2 saturated carbocycles. The van der Waals surface area contributed by atoms with E-state index in [-0.39, 0.29) is 21.3 Å². The lowest BCUT2D eigenvalue weighted by atomic mass is 9.53. The van der Waals surface area contributed by atoms with Crippen LogP contribution in [0.3, 0.4) is 0 Å². The van der Waals surface area contributed by atoms with Crippen molar-refractivity contribution in [1.82, 2.24) is 0 Å². The van der Waals surface area contributed by atoms with Crippen molar-refractivity contribution in [3.05, 3.63) is 0 Å². The summed E-state index contributed by atoms with van der Waals surface area (Å²) in [5.41, 5.74) is -0.829. The van der Waals surface area contributed by atoms with Crippen molar-refractivity contribution >= 4 is 25.3 Å². The monoisotopic (exact) mass is 360 g/mol. The van der Waals surface area contributed by atoms with Gasteiger partial charge in [-0.25, -0.2) is 0 Å². The standard InChI is InChI=1S/C19H36O2S2/c1-5-7-8-13(3)19(23)14(4)15(20)11-18(21)12-17(22,6-2)10-9-16(18)19/h13-16,20-23H,5-12H2,1-4H3/t13?,14?,15-,16+,17-,18-,19-/m1/s1. The summed E-state index contributed by atoms with van der Waals surface area (Å²) in [6.45, 7) is 8.75. The van der Waals surface area contributed by atoms with E-state index in [4.69, 9.17) is 25.3 Å². The van der Waals surface area contributed by atoms with Gasteiger partial charge in [0.25, 0.3) is 0 Å². The lowest BCUT2D eigenvalue weighted by Crippen LogP contribution is -2.66. The van der Waals surface area contributed by atoms with Gasteiger partial charge in [-0.2, -0.15) is 25.3 Å². The normalized spacial score (nSPS) is 48.8. The van der Waals surface area contributed by atoms with E-state index in [1.807, 2.05) is 0 Å². The molecule has 0 aromatic heterocycles. The molecule has 0 saturated heterocycles. The predicted octanol–water partition coefficient (Wildman–Crippen LogP) is 4.49. The van der Waals surface area contributed by atoms with E-state index < -0.39 is 11.7 Å². The molecule has 0 bridgehead atoms. The molecule has 0 heterocycles. The van der Waals surface area contributed by atoms with E-state index in [2.05, 4.69) is 27.7 Å². The molecule has 0 aliphatic heterocycles. The van der Waals surface area contributed by atoms with Crippen LogP contribution in [0.25, 0.3) is 0 Å². The van der Waals surface area contributed by atoms with Crippen LogP contribution in [0.2, 0.25) is 0 Å². The van der Waals surface area contributed by atoms with Gasteiger partial charge in [0.15, 0.2) is 0 Å². The Hall–Kier alpha value is 0.620. The zero-order chi connectivity index (χ0) is 17.5. The van der Waals surface area contributed by atoms with E-state index in [0.717, 1.165) is 25.7 Å². The van der Waals surface area contributed by atoms with Gasteiger partial charge in [0.1, 0.15) is 0 Å². The Bertz CT molecular complexity index is 418. The molecule has 0 aromatic rings. The Labute approximate surface area is 153 Å². The van der Waals surface area contributed by atoms with Crippen molar-refractivity contribution in [2.45, 2.75) is 100 Å². The van der Waals surface area contributed by atoms with Crippen LogP contribution in [0.1, 0.15) is 79.1 Å². The number of thiol groups is 2. The summed E-state index contributed by atoms with van der Waals surface area (Å²) in [6.07, 6.45) is 7.10. The molecular formula is C19H36O2S2. The molecule has 136 valence electrons. The maximum Gasteiger partial charge on any atom is 0.0727 e. The summed E-state index contributed by atoms with van der Waals surface area (Å²) in [6, 6.07) is 0. The van der Waals surface area contributed by atoms with Crippen LogP contribution in [-0.4, -0.2) is 31.4 Å². The molecule has 7 atom stereocenters. The number of aliphatic hydroxyl groups is 2. The predicted molar refractivity (Wildman–Crippen MR) is 104 cm³/mol. The molecular weight excluding hydrogens is 324 g/mol. The first-order chi connectivity index (χ1) is 10.6. The lowest BCUT2D eigenvalue weighted by molar-refractivity contribution is -0.158. The van der Waals surface area contributed by atoms with Gasteiger partial charge in [-0.3, -0.25) is 0 Å². The summed E-state index contributed by atoms with van der Waals surface area (Å²) in [4.78, 5) is 0. The maximum atomic E-state index is 11.5. The van der Waals surface area contributed by atoms with Gasteiger partial charge in [-0.15, -0.1) is 0 Å². The Morgan fingerprint density at radius 2 is 1.91 bits per heavy atom.